The Bertz CT molecular complexity index is 688. The molecule has 0 spiro atoms. The van der Waals surface area contributed by atoms with E-state index in [-0.39, 0.29) is 0 Å². The molecule has 0 aliphatic heterocycles. The predicted molar refractivity (Wildman–Crippen MR) is 71.8 cm³/mol. The second kappa shape index (κ2) is 3.96. The molecule has 4 heteroatoms. The number of benzene rings is 1. The molecule has 3 nitrogen and oxygen atoms in total. The first kappa shape index (κ1) is 10.5. The Balaban J connectivity index is 2.24. The van der Waals surface area contributed by atoms with Crippen LogP contribution in [0.15, 0.2) is 41.0 Å². The average molecular weight is 288 g/mol. The Hall–Kier alpha value is -1.68. The molecule has 0 atom stereocenters. The Morgan fingerprint density at radius 2 is 2.06 bits per heavy atom. The van der Waals surface area contributed by atoms with Gasteiger partial charge in [0, 0.05) is 27.3 Å². The second-order valence-electron chi connectivity index (χ2n) is 3.95. The number of aromatic nitrogens is 3. The molecule has 0 saturated carbocycles. The van der Waals surface area contributed by atoms with E-state index in [4.69, 9.17) is 0 Å². The molecule has 3 aromatic rings. The SMILES string of the molecule is Cc1cc(-c2n[nH]c3cc(Br)ccc23)ccn1. The maximum atomic E-state index is 4.37. The van der Waals surface area contributed by atoms with E-state index in [0.29, 0.717) is 0 Å². The zero-order chi connectivity index (χ0) is 11.8. The fourth-order valence-corrected chi connectivity index (χ4v) is 2.27. The molecule has 2 heterocycles. The lowest BCUT2D eigenvalue weighted by Crippen LogP contribution is -1.83. The molecule has 1 aromatic carbocycles. The minimum absolute atomic E-state index is 0.970. The minimum Gasteiger partial charge on any atom is -0.277 e. The third-order valence-corrected chi connectivity index (χ3v) is 3.19. The zero-order valence-corrected chi connectivity index (χ0v) is 10.8. The Morgan fingerprint density at radius 1 is 1.18 bits per heavy atom. The van der Waals surface area contributed by atoms with Gasteiger partial charge in [-0.3, -0.25) is 10.1 Å². The van der Waals surface area contributed by atoms with Crippen molar-refractivity contribution in [3.05, 3.63) is 46.7 Å². The minimum atomic E-state index is 0.970. The Morgan fingerprint density at radius 3 is 2.88 bits per heavy atom. The summed E-state index contributed by atoms with van der Waals surface area (Å²) >= 11 is 3.45. The molecule has 0 unspecified atom stereocenters. The monoisotopic (exact) mass is 287 g/mol. The van der Waals surface area contributed by atoms with Crippen LogP contribution in [0.2, 0.25) is 0 Å². The van der Waals surface area contributed by atoms with Crippen molar-refractivity contribution in [3.8, 4) is 11.3 Å². The third-order valence-electron chi connectivity index (χ3n) is 2.69. The van der Waals surface area contributed by atoms with Crippen molar-refractivity contribution in [2.24, 2.45) is 0 Å². The van der Waals surface area contributed by atoms with Crippen molar-refractivity contribution in [2.75, 3.05) is 0 Å². The Kier molecular flexibility index (Phi) is 2.44. The van der Waals surface area contributed by atoms with Gasteiger partial charge in [0.15, 0.2) is 0 Å². The number of aromatic amines is 1. The van der Waals surface area contributed by atoms with E-state index in [0.717, 1.165) is 32.3 Å². The van der Waals surface area contributed by atoms with Gasteiger partial charge in [-0.05, 0) is 37.3 Å². The van der Waals surface area contributed by atoms with Gasteiger partial charge in [-0.1, -0.05) is 15.9 Å². The van der Waals surface area contributed by atoms with E-state index in [1.807, 2.05) is 37.4 Å². The standard InChI is InChI=1S/C13H10BrN3/c1-8-6-9(4-5-15-8)13-11-3-2-10(14)7-12(11)16-17-13/h2-7H,1H3,(H,16,17). The van der Waals surface area contributed by atoms with E-state index in [2.05, 4.69) is 37.2 Å². The molecular formula is C13H10BrN3. The highest BCUT2D eigenvalue weighted by Gasteiger charge is 2.08. The summed E-state index contributed by atoms with van der Waals surface area (Å²) in [5.74, 6) is 0. The third kappa shape index (κ3) is 1.85. The Labute approximate surface area is 107 Å². The topological polar surface area (TPSA) is 41.6 Å². The molecule has 3 rings (SSSR count). The molecular weight excluding hydrogens is 278 g/mol. The van der Waals surface area contributed by atoms with Gasteiger partial charge in [0.1, 0.15) is 5.69 Å². The normalized spacial score (nSPS) is 10.9. The highest BCUT2D eigenvalue weighted by Crippen LogP contribution is 2.27. The van der Waals surface area contributed by atoms with Crippen LogP contribution in [0.3, 0.4) is 0 Å². The molecule has 0 fully saturated rings. The fourth-order valence-electron chi connectivity index (χ4n) is 1.90. The van der Waals surface area contributed by atoms with Crippen LogP contribution in [0.1, 0.15) is 5.69 Å². The van der Waals surface area contributed by atoms with Crippen LogP contribution in [-0.4, -0.2) is 15.2 Å². The number of fused-ring (bicyclic) bond motifs is 1. The maximum Gasteiger partial charge on any atom is 0.100 e. The summed E-state index contributed by atoms with van der Waals surface area (Å²) < 4.78 is 1.05. The molecule has 0 saturated heterocycles. The first-order valence-electron chi connectivity index (χ1n) is 5.31. The van der Waals surface area contributed by atoms with Crippen molar-refractivity contribution in [3.63, 3.8) is 0 Å². The maximum absolute atomic E-state index is 4.37. The van der Waals surface area contributed by atoms with E-state index in [1.54, 1.807) is 0 Å². The predicted octanol–water partition coefficient (Wildman–Crippen LogP) is 3.70. The van der Waals surface area contributed by atoms with Crippen LogP contribution in [0, 0.1) is 6.92 Å². The number of H-pyrrole nitrogens is 1. The molecule has 84 valence electrons. The first-order valence-corrected chi connectivity index (χ1v) is 6.10. The largest absolute Gasteiger partial charge is 0.277 e. The number of halogens is 1. The summed E-state index contributed by atoms with van der Waals surface area (Å²) in [5.41, 5.74) is 4.09. The van der Waals surface area contributed by atoms with Crippen LogP contribution < -0.4 is 0 Å². The van der Waals surface area contributed by atoms with E-state index in [1.165, 1.54) is 0 Å². The summed E-state index contributed by atoms with van der Waals surface area (Å²) in [4.78, 5) is 4.20. The molecule has 17 heavy (non-hydrogen) atoms. The van der Waals surface area contributed by atoms with E-state index in [9.17, 15) is 0 Å². The van der Waals surface area contributed by atoms with Gasteiger partial charge in [0.25, 0.3) is 0 Å². The van der Waals surface area contributed by atoms with Crippen LogP contribution in [0.4, 0.5) is 0 Å². The van der Waals surface area contributed by atoms with Crippen molar-refractivity contribution >= 4 is 26.8 Å². The van der Waals surface area contributed by atoms with E-state index >= 15 is 0 Å². The van der Waals surface area contributed by atoms with Gasteiger partial charge in [0.2, 0.25) is 0 Å². The van der Waals surface area contributed by atoms with Gasteiger partial charge in [-0.2, -0.15) is 5.10 Å². The number of hydrogen-bond acceptors (Lipinski definition) is 2. The number of nitrogens with one attached hydrogen (secondary N) is 1. The number of rotatable bonds is 1. The van der Waals surface area contributed by atoms with Gasteiger partial charge >= 0.3 is 0 Å². The van der Waals surface area contributed by atoms with Crippen molar-refractivity contribution in [1.82, 2.24) is 15.2 Å². The summed E-state index contributed by atoms with van der Waals surface area (Å²) in [5, 5.41) is 8.54. The molecule has 0 aliphatic rings. The fraction of sp³-hybridized carbons (Fsp3) is 0.0769. The number of aryl methyl sites for hydroxylation is 1. The molecule has 0 bridgehead atoms. The highest BCUT2D eigenvalue weighted by atomic mass is 79.9. The summed E-state index contributed by atoms with van der Waals surface area (Å²) in [6.45, 7) is 1.98. The second-order valence-corrected chi connectivity index (χ2v) is 4.86. The van der Waals surface area contributed by atoms with Crippen molar-refractivity contribution in [1.29, 1.82) is 0 Å². The molecule has 0 radical (unpaired) electrons. The van der Waals surface area contributed by atoms with Gasteiger partial charge in [-0.15, -0.1) is 0 Å². The van der Waals surface area contributed by atoms with Crippen LogP contribution in [0.25, 0.3) is 22.2 Å². The lowest BCUT2D eigenvalue weighted by molar-refractivity contribution is 1.12. The quantitative estimate of drug-likeness (QED) is 0.742. The smallest absolute Gasteiger partial charge is 0.100 e. The molecule has 2 aromatic heterocycles. The van der Waals surface area contributed by atoms with Gasteiger partial charge < -0.3 is 0 Å². The van der Waals surface area contributed by atoms with Crippen molar-refractivity contribution in [2.45, 2.75) is 6.92 Å². The molecule has 0 aliphatic carbocycles. The van der Waals surface area contributed by atoms with E-state index < -0.39 is 0 Å². The summed E-state index contributed by atoms with van der Waals surface area (Å²) in [6, 6.07) is 10.1. The number of pyridine rings is 1. The average Bonchev–Trinajstić information content (AvgIpc) is 2.71. The van der Waals surface area contributed by atoms with Crippen LogP contribution in [-0.2, 0) is 0 Å². The van der Waals surface area contributed by atoms with Crippen molar-refractivity contribution < 1.29 is 0 Å². The summed E-state index contributed by atoms with van der Waals surface area (Å²) in [6.07, 6.45) is 1.81. The first-order chi connectivity index (χ1) is 8.24. The highest BCUT2D eigenvalue weighted by molar-refractivity contribution is 9.10. The number of hydrogen-bond donors (Lipinski definition) is 1. The lowest BCUT2D eigenvalue weighted by Gasteiger charge is -1.99. The number of nitrogens with zero attached hydrogens (tertiary/aromatic N) is 2. The molecule has 0 amide bonds. The zero-order valence-electron chi connectivity index (χ0n) is 9.24. The molecule has 1 N–H and O–H groups in total. The van der Waals surface area contributed by atoms with Crippen LogP contribution >= 0.6 is 15.9 Å². The van der Waals surface area contributed by atoms with Gasteiger partial charge in [0.05, 0.1) is 5.52 Å². The lowest BCUT2D eigenvalue weighted by atomic mass is 10.1. The van der Waals surface area contributed by atoms with Crippen LogP contribution in [0.5, 0.6) is 0 Å². The van der Waals surface area contributed by atoms with Gasteiger partial charge in [-0.25, -0.2) is 0 Å². The summed E-state index contributed by atoms with van der Waals surface area (Å²) in [7, 11) is 0.